The molecular weight excluding hydrogens is 354 g/mol. The van der Waals surface area contributed by atoms with Crippen LogP contribution < -0.4 is 0 Å². The van der Waals surface area contributed by atoms with Crippen LogP contribution in [-0.4, -0.2) is 6.40 Å². The Morgan fingerprint density at radius 1 is 0.913 bits per heavy atom. The zero-order valence-corrected chi connectivity index (χ0v) is 14.2. The van der Waals surface area contributed by atoms with E-state index in [4.69, 9.17) is 9.47 Å². The van der Waals surface area contributed by atoms with Gasteiger partial charge < -0.3 is 9.47 Å². The van der Waals surface area contributed by atoms with E-state index < -0.39 is 0 Å². The number of hydrogen-bond donors (Lipinski definition) is 0. The summed E-state index contributed by atoms with van der Waals surface area (Å²) in [6.07, 6.45) is 4.97. The topological polar surface area (TPSA) is 30.8 Å². The molecule has 2 aromatic carbocycles. The average molecular weight is 372 g/mol. The minimum Gasteiger partial charge on any atom is -0.478 e. The molecule has 0 saturated heterocycles. The first-order chi connectivity index (χ1) is 11.4. The summed E-state index contributed by atoms with van der Waals surface area (Å²) in [4.78, 5) is 5.95. The number of allylic oxidation sites excluding steroid dienone is 2. The second-order valence-electron chi connectivity index (χ2n) is 4.63. The van der Waals surface area contributed by atoms with Crippen LogP contribution in [0.15, 0.2) is 88.7 Å². The Bertz CT molecular complexity index is 652. The third kappa shape index (κ3) is 6.98. The number of aliphatic imine (C=N–C) groups is 1. The molecule has 3 nitrogen and oxygen atoms in total. The molecule has 0 saturated carbocycles. The number of nitrogens with zero attached hydrogens (tertiary/aromatic N) is 1. The molecule has 0 radical (unpaired) electrons. The monoisotopic (exact) mass is 371 g/mol. The van der Waals surface area contributed by atoms with Gasteiger partial charge in [-0.2, -0.15) is 4.99 Å². The first kappa shape index (κ1) is 17.0. The first-order valence-electron chi connectivity index (χ1n) is 7.20. The molecule has 0 N–H and O–H groups in total. The van der Waals surface area contributed by atoms with Gasteiger partial charge in [0.05, 0.1) is 0 Å². The number of halogens is 1. The Hall–Kier alpha value is -2.33. The molecule has 4 heteroatoms. The lowest BCUT2D eigenvalue weighted by atomic mass is 10.2. The number of rotatable bonds is 8. The van der Waals surface area contributed by atoms with Crippen LogP contribution in [0.3, 0.4) is 0 Å². The van der Waals surface area contributed by atoms with Crippen molar-refractivity contribution in [2.24, 2.45) is 4.99 Å². The van der Waals surface area contributed by atoms with Crippen molar-refractivity contribution < 1.29 is 9.47 Å². The van der Waals surface area contributed by atoms with Crippen LogP contribution in [0, 0.1) is 0 Å². The summed E-state index contributed by atoms with van der Waals surface area (Å²) in [6, 6.07) is 19.9. The Morgan fingerprint density at radius 2 is 1.52 bits per heavy atom. The molecule has 0 aliphatic carbocycles. The molecule has 0 spiro atoms. The Balaban J connectivity index is 1.86. The Labute approximate surface area is 145 Å². The van der Waals surface area contributed by atoms with Crippen molar-refractivity contribution >= 4 is 22.3 Å². The van der Waals surface area contributed by atoms with Crippen molar-refractivity contribution in [2.75, 3.05) is 0 Å². The first-order valence-corrected chi connectivity index (χ1v) is 8.12. The van der Waals surface area contributed by atoms with Crippen molar-refractivity contribution in [3.8, 4) is 0 Å². The number of hydrogen-bond acceptors (Lipinski definition) is 3. The van der Waals surface area contributed by atoms with Crippen LogP contribution in [0.2, 0.25) is 0 Å². The zero-order valence-electron chi connectivity index (χ0n) is 12.6. The SMILES string of the molecule is Br/C=C/C=C(\N=C\OCc1ccccc1)OCc1ccccc1. The highest BCUT2D eigenvalue weighted by atomic mass is 79.9. The van der Waals surface area contributed by atoms with Gasteiger partial charge in [-0.05, 0) is 22.2 Å². The van der Waals surface area contributed by atoms with Gasteiger partial charge in [-0.25, -0.2) is 0 Å². The van der Waals surface area contributed by atoms with Crippen molar-refractivity contribution in [1.29, 1.82) is 0 Å². The van der Waals surface area contributed by atoms with Crippen molar-refractivity contribution in [3.05, 3.63) is 94.8 Å². The van der Waals surface area contributed by atoms with E-state index in [9.17, 15) is 0 Å². The molecule has 23 heavy (non-hydrogen) atoms. The van der Waals surface area contributed by atoms with Crippen LogP contribution in [0.1, 0.15) is 11.1 Å². The van der Waals surface area contributed by atoms with Gasteiger partial charge >= 0.3 is 0 Å². The second kappa shape index (κ2) is 10.4. The van der Waals surface area contributed by atoms with Crippen LogP contribution >= 0.6 is 15.9 Å². The van der Waals surface area contributed by atoms with E-state index >= 15 is 0 Å². The minimum atomic E-state index is 0.457. The fourth-order valence-corrected chi connectivity index (χ4v) is 1.93. The molecule has 0 atom stereocenters. The maximum Gasteiger partial charge on any atom is 0.216 e. The van der Waals surface area contributed by atoms with E-state index in [1.165, 1.54) is 6.40 Å². The third-order valence-corrected chi connectivity index (χ3v) is 3.19. The predicted octanol–water partition coefficient (Wildman–Crippen LogP) is 5.20. The summed E-state index contributed by atoms with van der Waals surface area (Å²) in [7, 11) is 0. The molecule has 2 aromatic rings. The lowest BCUT2D eigenvalue weighted by molar-refractivity contribution is 0.194. The molecular formula is C19H18BrNO2. The largest absolute Gasteiger partial charge is 0.478 e. The third-order valence-electron chi connectivity index (χ3n) is 2.89. The molecule has 0 fully saturated rings. The number of ether oxygens (including phenoxy) is 2. The van der Waals surface area contributed by atoms with Crippen LogP contribution in [0.25, 0.3) is 0 Å². The van der Waals surface area contributed by atoms with Gasteiger partial charge in [-0.3, -0.25) is 0 Å². The predicted molar refractivity (Wildman–Crippen MR) is 97.1 cm³/mol. The Kier molecular flexibility index (Phi) is 7.70. The van der Waals surface area contributed by atoms with Gasteiger partial charge in [0.2, 0.25) is 5.88 Å². The average Bonchev–Trinajstić information content (AvgIpc) is 2.62. The second-order valence-corrected chi connectivity index (χ2v) is 5.16. The molecule has 0 aliphatic rings. The fraction of sp³-hybridized carbons (Fsp3) is 0.105. The standard InChI is InChI=1S/C19H18BrNO2/c20-13-7-12-19(23-15-18-10-5-2-6-11-18)21-16-22-14-17-8-3-1-4-9-17/h1-13,16H,14-15H2/b13-7+,19-12+,21-16+. The van der Waals surface area contributed by atoms with Crippen molar-refractivity contribution in [1.82, 2.24) is 0 Å². The van der Waals surface area contributed by atoms with Gasteiger partial charge in [-0.1, -0.05) is 76.6 Å². The summed E-state index contributed by atoms with van der Waals surface area (Å²) in [6.45, 7) is 0.934. The Morgan fingerprint density at radius 3 is 2.13 bits per heavy atom. The molecule has 0 aromatic heterocycles. The smallest absolute Gasteiger partial charge is 0.216 e. The highest BCUT2D eigenvalue weighted by Crippen LogP contribution is 2.08. The highest BCUT2D eigenvalue weighted by molar-refractivity contribution is 9.11. The van der Waals surface area contributed by atoms with Gasteiger partial charge in [-0.15, -0.1) is 0 Å². The summed E-state index contributed by atoms with van der Waals surface area (Å²) >= 11 is 3.22. The molecule has 0 unspecified atom stereocenters. The summed E-state index contributed by atoms with van der Waals surface area (Å²) in [5.74, 6) is 0.484. The van der Waals surface area contributed by atoms with E-state index in [2.05, 4.69) is 20.9 Å². The molecule has 2 rings (SSSR count). The normalized spacial score (nSPS) is 12.0. The lowest BCUT2D eigenvalue weighted by Gasteiger charge is -2.06. The fourth-order valence-electron chi connectivity index (χ4n) is 1.78. The van der Waals surface area contributed by atoms with E-state index in [1.807, 2.05) is 60.7 Å². The molecule has 0 heterocycles. The lowest BCUT2D eigenvalue weighted by Crippen LogP contribution is -1.94. The van der Waals surface area contributed by atoms with Gasteiger partial charge in [0.15, 0.2) is 6.40 Å². The maximum atomic E-state index is 5.69. The molecule has 0 amide bonds. The van der Waals surface area contributed by atoms with Crippen molar-refractivity contribution in [2.45, 2.75) is 13.2 Å². The van der Waals surface area contributed by atoms with Crippen LogP contribution in [-0.2, 0) is 22.7 Å². The quantitative estimate of drug-likeness (QED) is 0.276. The van der Waals surface area contributed by atoms with E-state index in [0.717, 1.165) is 11.1 Å². The number of benzene rings is 2. The molecule has 0 aliphatic heterocycles. The maximum absolute atomic E-state index is 5.69. The van der Waals surface area contributed by atoms with Gasteiger partial charge in [0, 0.05) is 6.08 Å². The summed E-state index contributed by atoms with van der Waals surface area (Å²) < 4.78 is 11.1. The molecule has 0 bridgehead atoms. The summed E-state index contributed by atoms with van der Waals surface area (Å²) in [5.41, 5.74) is 2.18. The van der Waals surface area contributed by atoms with E-state index in [1.54, 1.807) is 17.1 Å². The minimum absolute atomic E-state index is 0.457. The summed E-state index contributed by atoms with van der Waals surface area (Å²) in [5, 5.41) is 0. The van der Waals surface area contributed by atoms with Crippen LogP contribution in [0.4, 0.5) is 0 Å². The van der Waals surface area contributed by atoms with Crippen molar-refractivity contribution in [3.63, 3.8) is 0 Å². The van der Waals surface area contributed by atoms with Crippen LogP contribution in [0.5, 0.6) is 0 Å². The highest BCUT2D eigenvalue weighted by Gasteiger charge is 1.96. The molecule has 118 valence electrons. The van der Waals surface area contributed by atoms with Gasteiger partial charge in [0.1, 0.15) is 13.2 Å². The van der Waals surface area contributed by atoms with Gasteiger partial charge in [0.25, 0.3) is 0 Å². The van der Waals surface area contributed by atoms with E-state index in [-0.39, 0.29) is 0 Å². The zero-order chi connectivity index (χ0) is 16.2. The van der Waals surface area contributed by atoms with E-state index in [0.29, 0.717) is 19.1 Å².